The fourth-order valence-corrected chi connectivity index (χ4v) is 17.9. The molecule has 0 aliphatic rings. The van der Waals surface area contributed by atoms with Crippen molar-refractivity contribution in [2.45, 2.75) is 34.6 Å². The molecule has 141 heavy (non-hydrogen) atoms. The third kappa shape index (κ3) is 24.8. The second-order valence-electron chi connectivity index (χ2n) is 32.1. The number of hydrogen-bond acceptors (Lipinski definition) is 13. The molecule has 26 aromatic rings. The van der Waals surface area contributed by atoms with Gasteiger partial charge in [0.05, 0.1) is 16.7 Å². The molecule has 13 aromatic heterocycles. The molecule has 699 valence electrons. The standard InChI is InChI=1S/C19H14NO.C18H12NO.C17H10NO.2C17H10NS.2C12H10N.C11H8N.5Ir/c1-12-9-10-20-17(11-12)16-8-4-7-15-14-6-3-5-13(2)18(14)21-19(15)16;1-12-9-10-16(19-11-12)15-7-4-6-14-13-5-2-3-8-17(13)20-18(14)15;1-2-10-16-12(6-1)13-7-5-8-14(17(13)19-16)15-9-3-4-11-18-15;2*1-2-7-16-13(5-1)14-11-12(8-9-17(14)19-16)15-6-3-4-10-18-15;2*1-10-7-8-12(13-9-10)11-5-3-2-4-6-11;1-2-6-10(7-3-1)11-8-4-5-9-12-11;;;;;/h3-7,9-11H,1-2H3;2-6,8-11H,1H3;3*1-7,9-11H;2*2-5,7-9H,1H3;1-6,8-9H;;;;;/q8*-1;;;;;. The maximum Gasteiger partial charge on any atom is 0.123 e. The first-order chi connectivity index (χ1) is 67.0. The average Bonchev–Trinajstić information content (AvgIpc) is 1.57. The van der Waals surface area contributed by atoms with Gasteiger partial charge in [0.15, 0.2) is 0 Å². The number of benzene rings is 13. The average molecular weight is 2750 g/mol. The molecule has 0 amide bonds. The zero-order chi connectivity index (χ0) is 92.3. The molecule has 11 nitrogen and oxygen atoms in total. The first-order valence-corrected chi connectivity index (χ1v) is 46.1. The first-order valence-electron chi connectivity index (χ1n) is 44.4. The molecular formula is C123H84Ir5N8O3S2-8. The summed E-state index contributed by atoms with van der Waals surface area (Å²) in [5, 5.41) is 11.9. The van der Waals surface area contributed by atoms with Crippen molar-refractivity contribution >= 4 is 129 Å². The molecule has 0 spiro atoms. The normalized spacial score (nSPS) is 10.4. The van der Waals surface area contributed by atoms with Gasteiger partial charge in [0.25, 0.3) is 0 Å². The van der Waals surface area contributed by atoms with E-state index < -0.39 is 0 Å². The van der Waals surface area contributed by atoms with E-state index in [1.54, 1.807) is 12.4 Å². The summed E-state index contributed by atoms with van der Waals surface area (Å²) < 4.78 is 23.3. The van der Waals surface area contributed by atoms with E-state index in [-0.39, 0.29) is 101 Å². The van der Waals surface area contributed by atoms with Crippen molar-refractivity contribution in [3.05, 3.63) is 496 Å². The monoisotopic (exact) mass is 2750 g/mol. The summed E-state index contributed by atoms with van der Waals surface area (Å²) in [4.78, 5) is 35.0. The van der Waals surface area contributed by atoms with Crippen LogP contribution in [0.3, 0.4) is 0 Å². The number of fused-ring (bicyclic) bond motifs is 15. The van der Waals surface area contributed by atoms with Gasteiger partial charge in [0.1, 0.15) is 16.7 Å². The summed E-state index contributed by atoms with van der Waals surface area (Å²) in [6.45, 7) is 10.2. The molecule has 0 fully saturated rings. The van der Waals surface area contributed by atoms with Crippen LogP contribution < -0.4 is 0 Å². The molecule has 13 heterocycles. The van der Waals surface area contributed by atoms with Crippen LogP contribution in [0.2, 0.25) is 0 Å². The number of furan rings is 3. The van der Waals surface area contributed by atoms with E-state index in [9.17, 15) is 0 Å². The zero-order valence-corrected chi connectivity index (χ0v) is 90.2. The van der Waals surface area contributed by atoms with Crippen LogP contribution in [0, 0.1) is 83.1 Å². The molecule has 13 aromatic carbocycles. The Morgan fingerprint density at radius 1 is 0.206 bits per heavy atom. The van der Waals surface area contributed by atoms with Crippen LogP contribution in [0.25, 0.3) is 196 Å². The second-order valence-corrected chi connectivity index (χ2v) is 34.2. The van der Waals surface area contributed by atoms with E-state index in [1.807, 2.05) is 317 Å². The third-order valence-corrected chi connectivity index (χ3v) is 24.8. The van der Waals surface area contributed by atoms with Gasteiger partial charge >= 0.3 is 0 Å². The largest absolute Gasteiger partial charge is 0.501 e. The van der Waals surface area contributed by atoms with Gasteiger partial charge in [-0.15, -0.1) is 210 Å². The maximum atomic E-state index is 6.14. The Morgan fingerprint density at radius 2 is 0.546 bits per heavy atom. The molecule has 0 aliphatic carbocycles. The Labute approximate surface area is 894 Å². The van der Waals surface area contributed by atoms with Crippen molar-refractivity contribution < 1.29 is 114 Å². The van der Waals surface area contributed by atoms with Gasteiger partial charge in [-0.2, -0.15) is 22.7 Å². The van der Waals surface area contributed by atoms with Crippen LogP contribution in [0.5, 0.6) is 0 Å². The minimum atomic E-state index is 0. The van der Waals surface area contributed by atoms with Crippen LogP contribution >= 0.6 is 22.7 Å². The van der Waals surface area contributed by atoms with Crippen LogP contribution in [0.1, 0.15) is 27.8 Å². The topological polar surface area (TPSA) is 143 Å². The summed E-state index contributed by atoms with van der Waals surface area (Å²) in [6.07, 6.45) is 14.6. The molecule has 18 heteroatoms. The molecular weight excluding hydrogens is 2660 g/mol. The quantitative estimate of drug-likeness (QED) is 0.134. The Hall–Kier alpha value is -13.9. The maximum absolute atomic E-state index is 6.14. The zero-order valence-electron chi connectivity index (χ0n) is 76.6. The number of rotatable bonds is 8. The number of nitrogens with zero attached hydrogens (tertiary/aromatic N) is 8. The fourth-order valence-electron chi connectivity index (χ4n) is 15.8. The van der Waals surface area contributed by atoms with Gasteiger partial charge in [0.2, 0.25) is 0 Å². The number of thiophene rings is 2. The van der Waals surface area contributed by atoms with Crippen molar-refractivity contribution in [2.75, 3.05) is 0 Å². The van der Waals surface area contributed by atoms with E-state index >= 15 is 0 Å². The molecule has 0 saturated heterocycles. The number of hydrogen-bond donors (Lipinski definition) is 0. The van der Waals surface area contributed by atoms with Crippen LogP contribution in [0.4, 0.5) is 0 Å². The van der Waals surface area contributed by atoms with Gasteiger partial charge < -0.3 is 53.1 Å². The fraction of sp³-hybridized carbons (Fsp3) is 0.0407. The number of para-hydroxylation sites is 3. The van der Waals surface area contributed by atoms with Crippen LogP contribution in [-0.2, 0) is 101 Å². The van der Waals surface area contributed by atoms with E-state index in [0.29, 0.717) is 0 Å². The van der Waals surface area contributed by atoms with E-state index in [4.69, 9.17) is 13.3 Å². The van der Waals surface area contributed by atoms with E-state index in [1.165, 1.54) is 57.0 Å². The molecule has 0 N–H and O–H groups in total. The summed E-state index contributed by atoms with van der Waals surface area (Å²) >= 11 is 3.63. The molecule has 26 rings (SSSR count). The minimum Gasteiger partial charge on any atom is -0.501 e. The van der Waals surface area contributed by atoms with E-state index in [0.717, 1.165) is 167 Å². The Kier molecular flexibility index (Phi) is 36.4. The predicted molar refractivity (Wildman–Crippen MR) is 559 cm³/mol. The van der Waals surface area contributed by atoms with Gasteiger partial charge in [-0.05, 0) is 177 Å². The molecule has 5 radical (unpaired) electrons. The van der Waals surface area contributed by atoms with Crippen LogP contribution in [-0.4, -0.2) is 39.9 Å². The Morgan fingerprint density at radius 3 is 0.950 bits per heavy atom. The molecule has 0 atom stereocenters. The van der Waals surface area contributed by atoms with Crippen molar-refractivity contribution in [1.82, 2.24) is 39.9 Å². The Balaban J connectivity index is 0.000000128. The summed E-state index contributed by atoms with van der Waals surface area (Å²) in [6, 6.07) is 149. The summed E-state index contributed by atoms with van der Waals surface area (Å²) in [5.41, 5.74) is 26.7. The van der Waals surface area contributed by atoms with Crippen molar-refractivity contribution in [3.63, 3.8) is 0 Å². The van der Waals surface area contributed by atoms with Gasteiger partial charge in [0, 0.05) is 176 Å². The molecule has 0 bridgehead atoms. The minimum absolute atomic E-state index is 0. The van der Waals surface area contributed by atoms with Gasteiger partial charge in [-0.3, -0.25) is 0 Å². The number of pyridine rings is 8. The molecule has 0 aliphatic heterocycles. The van der Waals surface area contributed by atoms with Crippen molar-refractivity contribution in [3.8, 4) is 90.1 Å². The SMILES string of the molecule is Cc1ccc(-c2[c-]ccc3c2oc2ccccc23)nc1.Cc1ccc(-c2[c-]cccc2)nc1.Cc1ccc(-c2[c-]cccc2)nc1.Cc1ccnc(-c2[c-]ccc3c2oc2c(C)cccc23)c1.[Ir].[Ir].[Ir].[Ir].[Ir].[c-]1cc2sc3ccccc3c2cc1-c1ccccn1.[c-]1cc2sc3ccccc3c2cc1-c1ccccn1.[c-]1ccc2c(oc3ccccc32)c1-c1ccccn1.[c-]1ccccc1-c1ccccn1. The van der Waals surface area contributed by atoms with Crippen molar-refractivity contribution in [1.29, 1.82) is 0 Å². The summed E-state index contributed by atoms with van der Waals surface area (Å²) in [5.74, 6) is 0. The molecule has 0 saturated carbocycles. The van der Waals surface area contributed by atoms with Crippen molar-refractivity contribution in [2.24, 2.45) is 0 Å². The van der Waals surface area contributed by atoms with Crippen LogP contribution in [0.15, 0.2) is 433 Å². The predicted octanol–water partition coefficient (Wildman–Crippen LogP) is 32.4. The third-order valence-electron chi connectivity index (χ3n) is 22.5. The van der Waals surface area contributed by atoms with Gasteiger partial charge in [-0.1, -0.05) is 231 Å². The summed E-state index contributed by atoms with van der Waals surface area (Å²) in [7, 11) is 0. The molecule has 0 unspecified atom stereocenters. The number of aromatic nitrogens is 8. The Bertz CT molecular complexity index is 8240. The smallest absolute Gasteiger partial charge is 0.123 e. The first kappa shape index (κ1) is 103. The number of aryl methyl sites for hydroxylation is 5. The van der Waals surface area contributed by atoms with Gasteiger partial charge in [-0.25, -0.2) is 0 Å². The van der Waals surface area contributed by atoms with E-state index in [2.05, 4.69) is 236 Å². The second kappa shape index (κ2) is 49.8.